The Labute approximate surface area is 119 Å². The van der Waals surface area contributed by atoms with Crippen LogP contribution in [0.15, 0.2) is 18.2 Å². The molecule has 2 rings (SSSR count). The molecular formula is C13H15F3N2O3. The maximum atomic E-state index is 13.0. The van der Waals surface area contributed by atoms with Crippen LogP contribution in [0.5, 0.6) is 0 Å². The summed E-state index contributed by atoms with van der Waals surface area (Å²) in [6.07, 6.45) is -3.32. The molecule has 8 heteroatoms. The van der Waals surface area contributed by atoms with Gasteiger partial charge < -0.3 is 9.64 Å². The highest BCUT2D eigenvalue weighted by atomic mass is 19.4. The molecule has 0 saturated carbocycles. The second-order valence-corrected chi connectivity index (χ2v) is 4.91. The fourth-order valence-corrected chi connectivity index (χ4v) is 2.41. The van der Waals surface area contributed by atoms with Crippen molar-refractivity contribution in [2.24, 2.45) is 0 Å². The first-order chi connectivity index (χ1) is 9.80. The summed E-state index contributed by atoms with van der Waals surface area (Å²) < 4.78 is 44.1. The zero-order valence-electron chi connectivity index (χ0n) is 11.4. The number of nitro groups is 1. The van der Waals surface area contributed by atoms with Crippen molar-refractivity contribution in [2.75, 3.05) is 25.2 Å². The van der Waals surface area contributed by atoms with Crippen molar-refractivity contribution in [2.45, 2.75) is 25.1 Å². The summed E-state index contributed by atoms with van der Waals surface area (Å²) in [6, 6.07) is 3.17. The second-order valence-electron chi connectivity index (χ2n) is 4.91. The SMILES string of the molecule is CN(c1ccc([N+](=O)[O-])c(C(F)(F)F)c1)C1CCOCC1. The van der Waals surface area contributed by atoms with Crippen molar-refractivity contribution in [3.8, 4) is 0 Å². The highest BCUT2D eigenvalue weighted by Gasteiger charge is 2.38. The van der Waals surface area contributed by atoms with Crippen molar-refractivity contribution >= 4 is 11.4 Å². The molecule has 0 unspecified atom stereocenters. The third kappa shape index (κ3) is 3.44. The normalized spacial score (nSPS) is 16.8. The quantitative estimate of drug-likeness (QED) is 0.635. The summed E-state index contributed by atoms with van der Waals surface area (Å²) in [7, 11) is 1.69. The third-order valence-electron chi connectivity index (χ3n) is 3.63. The molecule has 0 spiro atoms. The Morgan fingerprint density at radius 1 is 1.33 bits per heavy atom. The number of nitrogens with zero attached hydrogens (tertiary/aromatic N) is 2. The lowest BCUT2D eigenvalue weighted by molar-refractivity contribution is -0.388. The summed E-state index contributed by atoms with van der Waals surface area (Å²) >= 11 is 0. The van der Waals surface area contributed by atoms with Crippen LogP contribution in [-0.4, -0.2) is 31.2 Å². The molecule has 5 nitrogen and oxygen atoms in total. The van der Waals surface area contributed by atoms with Gasteiger partial charge in [-0.15, -0.1) is 0 Å². The number of benzene rings is 1. The van der Waals surface area contributed by atoms with Gasteiger partial charge in [0.05, 0.1) is 4.92 Å². The second kappa shape index (κ2) is 5.88. The average Bonchev–Trinajstić information content (AvgIpc) is 2.45. The van der Waals surface area contributed by atoms with Crippen LogP contribution in [0.25, 0.3) is 0 Å². The van der Waals surface area contributed by atoms with Gasteiger partial charge in [0, 0.05) is 38.1 Å². The third-order valence-corrected chi connectivity index (χ3v) is 3.63. The average molecular weight is 304 g/mol. The Morgan fingerprint density at radius 2 is 1.95 bits per heavy atom. The fraction of sp³-hybridized carbons (Fsp3) is 0.538. The molecule has 1 fully saturated rings. The standard InChI is InChI=1S/C13H15F3N2O3/c1-17(9-4-6-21-7-5-9)10-2-3-12(18(19)20)11(8-10)13(14,15)16/h2-3,8-9H,4-7H2,1H3. The van der Waals surface area contributed by atoms with Crippen molar-refractivity contribution in [1.82, 2.24) is 0 Å². The van der Waals surface area contributed by atoms with E-state index in [0.717, 1.165) is 25.0 Å². The number of hydrogen-bond donors (Lipinski definition) is 0. The molecule has 0 amide bonds. The molecule has 1 saturated heterocycles. The molecule has 1 heterocycles. The molecule has 0 aliphatic carbocycles. The lowest BCUT2D eigenvalue weighted by Gasteiger charge is -2.33. The Morgan fingerprint density at radius 3 is 2.48 bits per heavy atom. The van der Waals surface area contributed by atoms with Gasteiger partial charge in [0.25, 0.3) is 5.69 Å². The van der Waals surface area contributed by atoms with Crippen molar-refractivity contribution in [3.63, 3.8) is 0 Å². The van der Waals surface area contributed by atoms with Crippen LogP contribution in [0.2, 0.25) is 0 Å². The van der Waals surface area contributed by atoms with Crippen LogP contribution < -0.4 is 4.90 Å². The summed E-state index contributed by atoms with van der Waals surface area (Å²) in [5.41, 5.74) is -1.82. The van der Waals surface area contributed by atoms with Gasteiger partial charge in [-0.25, -0.2) is 0 Å². The minimum atomic E-state index is -4.76. The van der Waals surface area contributed by atoms with E-state index in [-0.39, 0.29) is 6.04 Å². The lowest BCUT2D eigenvalue weighted by Crippen LogP contribution is -2.36. The topological polar surface area (TPSA) is 55.6 Å². The Balaban J connectivity index is 2.34. The Kier molecular flexibility index (Phi) is 4.36. The van der Waals surface area contributed by atoms with Gasteiger partial charge in [0.2, 0.25) is 0 Å². The summed E-state index contributed by atoms with van der Waals surface area (Å²) in [5.74, 6) is 0. The molecule has 0 atom stereocenters. The minimum absolute atomic E-state index is 0.0706. The van der Waals surface area contributed by atoms with Crippen molar-refractivity contribution in [1.29, 1.82) is 0 Å². The lowest BCUT2D eigenvalue weighted by atomic mass is 10.1. The number of nitro benzene ring substituents is 1. The Bertz CT molecular complexity index is 528. The number of hydrogen-bond acceptors (Lipinski definition) is 4. The largest absolute Gasteiger partial charge is 0.423 e. The molecule has 0 bridgehead atoms. The molecular weight excluding hydrogens is 289 g/mol. The first-order valence-corrected chi connectivity index (χ1v) is 6.47. The van der Waals surface area contributed by atoms with E-state index >= 15 is 0 Å². The smallest absolute Gasteiger partial charge is 0.381 e. The molecule has 21 heavy (non-hydrogen) atoms. The van der Waals surface area contributed by atoms with E-state index in [4.69, 9.17) is 4.74 Å². The van der Waals surface area contributed by atoms with E-state index in [1.165, 1.54) is 6.07 Å². The summed E-state index contributed by atoms with van der Waals surface area (Å²) in [5, 5.41) is 10.7. The minimum Gasteiger partial charge on any atom is -0.381 e. The van der Waals surface area contributed by atoms with Crippen LogP contribution >= 0.6 is 0 Å². The number of ether oxygens (including phenoxy) is 1. The van der Waals surface area contributed by atoms with Gasteiger partial charge in [-0.2, -0.15) is 13.2 Å². The van der Waals surface area contributed by atoms with E-state index < -0.39 is 22.4 Å². The first kappa shape index (κ1) is 15.6. The molecule has 0 aromatic heterocycles. The number of alkyl halides is 3. The maximum absolute atomic E-state index is 13.0. The maximum Gasteiger partial charge on any atom is 0.423 e. The van der Waals surface area contributed by atoms with E-state index in [9.17, 15) is 23.3 Å². The molecule has 1 aromatic carbocycles. The zero-order chi connectivity index (χ0) is 15.6. The monoisotopic (exact) mass is 304 g/mol. The zero-order valence-corrected chi connectivity index (χ0v) is 11.4. The predicted octanol–water partition coefficient (Wildman–Crippen LogP) is 3.23. The van der Waals surface area contributed by atoms with Gasteiger partial charge >= 0.3 is 6.18 Å². The van der Waals surface area contributed by atoms with E-state index in [0.29, 0.717) is 18.9 Å². The van der Waals surface area contributed by atoms with E-state index in [1.54, 1.807) is 11.9 Å². The van der Waals surface area contributed by atoms with E-state index in [1.807, 2.05) is 0 Å². The molecule has 116 valence electrons. The highest BCUT2D eigenvalue weighted by molar-refractivity contribution is 5.56. The number of halogens is 3. The molecule has 0 N–H and O–H groups in total. The van der Waals surface area contributed by atoms with Gasteiger partial charge in [0.1, 0.15) is 5.56 Å². The molecule has 1 aliphatic heterocycles. The van der Waals surface area contributed by atoms with Crippen LogP contribution in [0.3, 0.4) is 0 Å². The summed E-state index contributed by atoms with van der Waals surface area (Å²) in [4.78, 5) is 11.4. The fourth-order valence-electron chi connectivity index (χ4n) is 2.41. The first-order valence-electron chi connectivity index (χ1n) is 6.47. The van der Waals surface area contributed by atoms with Crippen LogP contribution in [-0.2, 0) is 10.9 Å². The van der Waals surface area contributed by atoms with E-state index in [2.05, 4.69) is 0 Å². The predicted molar refractivity (Wildman–Crippen MR) is 70.3 cm³/mol. The molecule has 0 radical (unpaired) electrons. The molecule has 1 aliphatic rings. The van der Waals surface area contributed by atoms with Crippen LogP contribution in [0.1, 0.15) is 18.4 Å². The van der Waals surface area contributed by atoms with Crippen molar-refractivity contribution in [3.05, 3.63) is 33.9 Å². The van der Waals surface area contributed by atoms with Crippen molar-refractivity contribution < 1.29 is 22.8 Å². The van der Waals surface area contributed by atoms with Gasteiger partial charge in [-0.05, 0) is 25.0 Å². The van der Waals surface area contributed by atoms with Gasteiger partial charge in [-0.1, -0.05) is 0 Å². The van der Waals surface area contributed by atoms with Crippen LogP contribution in [0, 0.1) is 10.1 Å². The highest BCUT2D eigenvalue weighted by Crippen LogP contribution is 2.38. The number of rotatable bonds is 3. The Hall–Kier alpha value is -1.83. The molecule has 1 aromatic rings. The van der Waals surface area contributed by atoms with Gasteiger partial charge in [0.15, 0.2) is 0 Å². The number of anilines is 1. The van der Waals surface area contributed by atoms with Gasteiger partial charge in [-0.3, -0.25) is 10.1 Å². The van der Waals surface area contributed by atoms with Crippen LogP contribution in [0.4, 0.5) is 24.5 Å². The summed E-state index contributed by atoms with van der Waals surface area (Å²) in [6.45, 7) is 1.13.